The second-order valence-electron chi connectivity index (χ2n) is 6.86. The van der Waals surface area contributed by atoms with Crippen LogP contribution in [0.5, 0.6) is 0 Å². The summed E-state index contributed by atoms with van der Waals surface area (Å²) in [7, 11) is 0. The molecule has 3 fully saturated rings. The molecule has 2 saturated carbocycles. The molecule has 4 heteroatoms. The van der Waals surface area contributed by atoms with Gasteiger partial charge in [-0.25, -0.2) is 0 Å². The fraction of sp³-hybridized carbons (Fsp3) is 0.933. The van der Waals surface area contributed by atoms with Crippen LogP contribution in [0.2, 0.25) is 0 Å². The van der Waals surface area contributed by atoms with Crippen molar-refractivity contribution in [2.45, 2.75) is 81.7 Å². The molecule has 2 spiro atoms. The summed E-state index contributed by atoms with van der Waals surface area (Å²) in [6.45, 7) is 0. The average molecular weight is 267 g/mol. The van der Waals surface area contributed by atoms with Crippen molar-refractivity contribution in [3.63, 3.8) is 0 Å². The van der Waals surface area contributed by atoms with Crippen LogP contribution in [0.25, 0.3) is 0 Å². The SMILES string of the molecule is O=C(O)C1CC2(CCCCC2)N(O)C12CCCCC2. The Hall–Kier alpha value is -0.610. The van der Waals surface area contributed by atoms with Crippen molar-refractivity contribution in [3.05, 3.63) is 0 Å². The highest BCUT2D eigenvalue weighted by molar-refractivity contribution is 5.72. The van der Waals surface area contributed by atoms with Gasteiger partial charge in [-0.3, -0.25) is 4.79 Å². The molecule has 1 atom stereocenters. The standard InChI is InChI=1S/C15H25NO3/c17-13(18)12-11-14(7-3-1-4-8-14)16(19)15(12)9-5-2-6-10-15/h12,19H,1-11H2,(H,17,18). The van der Waals surface area contributed by atoms with Gasteiger partial charge in [-0.2, -0.15) is 5.06 Å². The molecule has 108 valence electrons. The maximum atomic E-state index is 11.7. The maximum absolute atomic E-state index is 11.7. The van der Waals surface area contributed by atoms with Gasteiger partial charge >= 0.3 is 5.97 Å². The molecular formula is C15H25NO3. The molecule has 19 heavy (non-hydrogen) atoms. The van der Waals surface area contributed by atoms with E-state index in [2.05, 4.69) is 0 Å². The van der Waals surface area contributed by atoms with Crippen LogP contribution < -0.4 is 0 Å². The number of carboxylic acids is 1. The van der Waals surface area contributed by atoms with E-state index >= 15 is 0 Å². The third-order valence-corrected chi connectivity index (χ3v) is 5.91. The van der Waals surface area contributed by atoms with E-state index < -0.39 is 11.5 Å². The number of hydroxylamine groups is 2. The van der Waals surface area contributed by atoms with E-state index in [1.165, 1.54) is 12.8 Å². The topological polar surface area (TPSA) is 60.8 Å². The van der Waals surface area contributed by atoms with Gasteiger partial charge in [0, 0.05) is 5.54 Å². The summed E-state index contributed by atoms with van der Waals surface area (Å²) in [4.78, 5) is 11.7. The summed E-state index contributed by atoms with van der Waals surface area (Å²) in [5, 5.41) is 22.0. The summed E-state index contributed by atoms with van der Waals surface area (Å²) < 4.78 is 0. The molecule has 1 saturated heterocycles. The Morgan fingerprint density at radius 3 is 2.00 bits per heavy atom. The molecule has 0 aromatic rings. The van der Waals surface area contributed by atoms with E-state index in [1.54, 1.807) is 5.06 Å². The molecule has 0 bridgehead atoms. The van der Waals surface area contributed by atoms with Gasteiger partial charge < -0.3 is 10.3 Å². The van der Waals surface area contributed by atoms with Gasteiger partial charge in [-0.05, 0) is 32.1 Å². The highest BCUT2D eigenvalue weighted by Crippen LogP contribution is 2.55. The zero-order valence-electron chi connectivity index (χ0n) is 11.6. The number of hydrogen-bond acceptors (Lipinski definition) is 3. The second kappa shape index (κ2) is 4.74. The molecule has 1 aliphatic heterocycles. The quantitative estimate of drug-likeness (QED) is 0.766. The number of carboxylic acid groups (broad SMARTS) is 1. The average Bonchev–Trinajstić information content (AvgIpc) is 2.65. The minimum atomic E-state index is -0.705. The van der Waals surface area contributed by atoms with Crippen LogP contribution in [0.15, 0.2) is 0 Å². The van der Waals surface area contributed by atoms with Crippen LogP contribution in [0, 0.1) is 5.92 Å². The maximum Gasteiger partial charge on any atom is 0.308 e. The lowest BCUT2D eigenvalue weighted by molar-refractivity contribution is -0.232. The number of nitrogens with zero attached hydrogens (tertiary/aromatic N) is 1. The molecule has 3 aliphatic rings. The first-order chi connectivity index (χ1) is 9.11. The number of hydrogen-bond donors (Lipinski definition) is 2. The first-order valence-electron chi connectivity index (χ1n) is 7.83. The predicted molar refractivity (Wildman–Crippen MR) is 71.0 cm³/mol. The summed E-state index contributed by atoms with van der Waals surface area (Å²) in [6, 6.07) is 0. The Morgan fingerprint density at radius 2 is 1.47 bits per heavy atom. The minimum Gasteiger partial charge on any atom is -0.481 e. The smallest absolute Gasteiger partial charge is 0.308 e. The van der Waals surface area contributed by atoms with E-state index in [0.29, 0.717) is 6.42 Å². The zero-order valence-corrected chi connectivity index (χ0v) is 11.6. The van der Waals surface area contributed by atoms with Crippen molar-refractivity contribution in [3.8, 4) is 0 Å². The number of rotatable bonds is 1. The van der Waals surface area contributed by atoms with E-state index in [9.17, 15) is 15.1 Å². The Labute approximate surface area is 114 Å². The second-order valence-corrected chi connectivity index (χ2v) is 6.86. The first kappa shape index (κ1) is 13.4. The number of carbonyl (C=O) groups is 1. The van der Waals surface area contributed by atoms with Gasteiger partial charge in [0.15, 0.2) is 0 Å². The monoisotopic (exact) mass is 267 g/mol. The van der Waals surface area contributed by atoms with Crippen LogP contribution in [-0.4, -0.2) is 32.4 Å². The summed E-state index contributed by atoms with van der Waals surface area (Å²) >= 11 is 0. The van der Waals surface area contributed by atoms with Crippen molar-refractivity contribution >= 4 is 5.97 Å². The molecule has 2 aliphatic carbocycles. The van der Waals surface area contributed by atoms with Gasteiger partial charge in [-0.1, -0.05) is 38.5 Å². The molecule has 1 unspecified atom stereocenters. The molecule has 0 amide bonds. The fourth-order valence-corrected chi connectivity index (χ4v) is 4.94. The van der Waals surface area contributed by atoms with E-state index in [1.807, 2.05) is 0 Å². The van der Waals surface area contributed by atoms with Crippen molar-refractivity contribution in [1.82, 2.24) is 5.06 Å². The van der Waals surface area contributed by atoms with Crippen LogP contribution in [0.1, 0.15) is 70.6 Å². The largest absolute Gasteiger partial charge is 0.481 e. The van der Waals surface area contributed by atoms with E-state index in [4.69, 9.17) is 0 Å². The zero-order chi connectivity index (χ0) is 13.5. The normalized spacial score (nSPS) is 33.8. The summed E-state index contributed by atoms with van der Waals surface area (Å²) in [5.41, 5.74) is -0.708. The van der Waals surface area contributed by atoms with E-state index in [-0.39, 0.29) is 11.5 Å². The lowest BCUT2D eigenvalue weighted by Crippen LogP contribution is -2.55. The summed E-state index contributed by atoms with van der Waals surface area (Å²) in [5.74, 6) is -1.08. The van der Waals surface area contributed by atoms with Crippen molar-refractivity contribution in [2.75, 3.05) is 0 Å². The van der Waals surface area contributed by atoms with Crippen LogP contribution in [-0.2, 0) is 4.79 Å². The fourth-order valence-electron chi connectivity index (χ4n) is 4.94. The molecule has 1 heterocycles. The van der Waals surface area contributed by atoms with Crippen LogP contribution in [0.3, 0.4) is 0 Å². The Bertz CT molecular complexity index is 356. The van der Waals surface area contributed by atoms with Gasteiger partial charge in [0.05, 0.1) is 11.5 Å². The number of aliphatic carboxylic acids is 1. The van der Waals surface area contributed by atoms with Gasteiger partial charge in [0.1, 0.15) is 0 Å². The molecule has 0 aromatic carbocycles. The Balaban J connectivity index is 1.94. The third-order valence-electron chi connectivity index (χ3n) is 5.91. The Morgan fingerprint density at radius 1 is 0.947 bits per heavy atom. The molecule has 0 radical (unpaired) electrons. The highest BCUT2D eigenvalue weighted by atomic mass is 16.5. The Kier molecular flexibility index (Phi) is 3.34. The van der Waals surface area contributed by atoms with Gasteiger partial charge in [-0.15, -0.1) is 0 Å². The van der Waals surface area contributed by atoms with Crippen LogP contribution >= 0.6 is 0 Å². The van der Waals surface area contributed by atoms with Crippen molar-refractivity contribution in [1.29, 1.82) is 0 Å². The van der Waals surface area contributed by atoms with Gasteiger partial charge in [0.2, 0.25) is 0 Å². The predicted octanol–water partition coefficient (Wildman–Crippen LogP) is 3.19. The molecule has 2 N–H and O–H groups in total. The van der Waals surface area contributed by atoms with Crippen molar-refractivity contribution < 1.29 is 15.1 Å². The first-order valence-corrected chi connectivity index (χ1v) is 7.83. The minimum absolute atomic E-state index is 0.237. The lowest BCUT2D eigenvalue weighted by Gasteiger charge is -2.46. The summed E-state index contributed by atoms with van der Waals surface area (Å²) in [6.07, 6.45) is 11.0. The van der Waals surface area contributed by atoms with Crippen molar-refractivity contribution in [2.24, 2.45) is 5.92 Å². The van der Waals surface area contributed by atoms with Gasteiger partial charge in [0.25, 0.3) is 0 Å². The third kappa shape index (κ3) is 1.91. The molecule has 3 rings (SSSR count). The highest BCUT2D eigenvalue weighted by Gasteiger charge is 2.62. The molecular weight excluding hydrogens is 242 g/mol. The molecule has 0 aromatic heterocycles. The van der Waals surface area contributed by atoms with Crippen LogP contribution in [0.4, 0.5) is 0 Å². The van der Waals surface area contributed by atoms with E-state index in [0.717, 1.165) is 51.4 Å². The molecule has 4 nitrogen and oxygen atoms in total. The lowest BCUT2D eigenvalue weighted by atomic mass is 9.73.